The van der Waals surface area contributed by atoms with Gasteiger partial charge >= 0.3 is 0 Å². The van der Waals surface area contributed by atoms with Crippen molar-refractivity contribution < 1.29 is 4.79 Å². The van der Waals surface area contributed by atoms with E-state index in [1.54, 1.807) is 0 Å². The summed E-state index contributed by atoms with van der Waals surface area (Å²) < 4.78 is 0. The Morgan fingerprint density at radius 2 is 1.85 bits per heavy atom. The van der Waals surface area contributed by atoms with Crippen LogP contribution in [-0.2, 0) is 4.79 Å². The van der Waals surface area contributed by atoms with Gasteiger partial charge in [-0.25, -0.2) is 0 Å². The molecule has 154 valence electrons. The van der Waals surface area contributed by atoms with Gasteiger partial charge in [0.05, 0.1) is 0 Å². The van der Waals surface area contributed by atoms with Crippen molar-refractivity contribution in [3.8, 4) is 0 Å². The molecule has 1 heteroatoms. The van der Waals surface area contributed by atoms with Crippen LogP contribution < -0.4 is 0 Å². The first kappa shape index (κ1) is 21.1. The van der Waals surface area contributed by atoms with Crippen LogP contribution >= 0.6 is 0 Å². The maximum absolute atomic E-state index is 10.7. The van der Waals surface area contributed by atoms with Crippen molar-refractivity contribution >= 4 is 6.29 Å². The van der Waals surface area contributed by atoms with E-state index in [1.807, 2.05) is 19.4 Å². The molecule has 0 N–H and O–H groups in total. The zero-order valence-electron chi connectivity index (χ0n) is 18.7. The van der Waals surface area contributed by atoms with Crippen LogP contribution in [0.15, 0.2) is 11.6 Å². The minimum absolute atomic E-state index is 0.520. The number of carbonyl (C=O) groups is 1. The monoisotopic (exact) mass is 372 g/mol. The van der Waals surface area contributed by atoms with Gasteiger partial charge in [-0.15, -0.1) is 0 Å². The molecule has 4 aliphatic carbocycles. The van der Waals surface area contributed by atoms with Crippen molar-refractivity contribution in [2.45, 2.75) is 105 Å². The number of carbonyl (C=O) groups excluding carboxylic acids is 1. The molecule has 0 heterocycles. The van der Waals surface area contributed by atoms with Gasteiger partial charge in [0.1, 0.15) is 6.29 Å². The number of fused-ring (bicyclic) bond motifs is 5. The van der Waals surface area contributed by atoms with E-state index in [-0.39, 0.29) is 0 Å². The van der Waals surface area contributed by atoms with Crippen LogP contribution in [0.2, 0.25) is 0 Å². The van der Waals surface area contributed by atoms with Crippen LogP contribution in [0, 0.1) is 40.4 Å². The van der Waals surface area contributed by atoms with E-state index >= 15 is 0 Å². The Morgan fingerprint density at radius 3 is 2.59 bits per heavy atom. The highest BCUT2D eigenvalue weighted by Crippen LogP contribution is 2.67. The third kappa shape index (κ3) is 3.58. The fourth-order valence-corrected chi connectivity index (χ4v) is 7.87. The molecule has 3 saturated carbocycles. The standard InChI is InChI=1S/C24H38O.C2H6/c1-17-11-13-24(3)19(16-17)7-9-20-21-10-8-18(6-4-5-15-25)23(21,2)14-12-22(20)24;1-2/h7,15,17-18,20-22H,4-6,8-14,16H2,1-3H3;1-2H3. The van der Waals surface area contributed by atoms with Crippen molar-refractivity contribution in [1.82, 2.24) is 0 Å². The third-order valence-electron chi connectivity index (χ3n) is 9.42. The molecule has 3 fully saturated rings. The summed E-state index contributed by atoms with van der Waals surface area (Å²) in [6.07, 6.45) is 18.4. The van der Waals surface area contributed by atoms with E-state index in [1.165, 1.54) is 57.8 Å². The topological polar surface area (TPSA) is 17.1 Å². The molecule has 0 spiro atoms. The normalized spacial score (nSPS) is 45.5. The SMILES string of the molecule is CC.CC1CCC2(C)C(=CCC3C2CCC2(C)C(CCCC=O)CCC32)C1. The summed E-state index contributed by atoms with van der Waals surface area (Å²) in [4.78, 5) is 10.7. The third-order valence-corrected chi connectivity index (χ3v) is 9.42. The van der Waals surface area contributed by atoms with E-state index in [2.05, 4.69) is 26.8 Å². The molecule has 0 saturated heterocycles. The molecule has 0 bridgehead atoms. The van der Waals surface area contributed by atoms with Crippen LogP contribution in [0.25, 0.3) is 0 Å². The lowest BCUT2D eigenvalue weighted by atomic mass is 9.47. The number of aldehydes is 1. The fourth-order valence-electron chi connectivity index (χ4n) is 7.87. The fraction of sp³-hybridized carbons (Fsp3) is 0.885. The van der Waals surface area contributed by atoms with Gasteiger partial charge in [0.15, 0.2) is 0 Å². The second-order valence-electron chi connectivity index (χ2n) is 10.5. The molecule has 7 unspecified atom stereocenters. The summed E-state index contributed by atoms with van der Waals surface area (Å²) in [7, 11) is 0. The van der Waals surface area contributed by atoms with Crippen molar-refractivity contribution in [3.63, 3.8) is 0 Å². The molecule has 27 heavy (non-hydrogen) atoms. The summed E-state index contributed by atoms with van der Waals surface area (Å²) in [6, 6.07) is 0. The number of rotatable bonds is 4. The van der Waals surface area contributed by atoms with Crippen LogP contribution in [-0.4, -0.2) is 6.29 Å². The highest BCUT2D eigenvalue weighted by Gasteiger charge is 2.58. The van der Waals surface area contributed by atoms with Gasteiger partial charge in [0, 0.05) is 6.42 Å². The smallest absolute Gasteiger partial charge is 0.119 e. The van der Waals surface area contributed by atoms with E-state index < -0.39 is 0 Å². The molecule has 0 aromatic rings. The number of hydrogen-bond acceptors (Lipinski definition) is 1. The predicted octanol–water partition coefficient (Wildman–Crippen LogP) is 7.60. The van der Waals surface area contributed by atoms with Crippen molar-refractivity contribution in [3.05, 3.63) is 11.6 Å². The summed E-state index contributed by atoms with van der Waals surface area (Å²) in [5.74, 6) is 4.62. The van der Waals surface area contributed by atoms with Gasteiger partial charge in [-0.2, -0.15) is 0 Å². The molecule has 0 amide bonds. The molecule has 1 nitrogen and oxygen atoms in total. The van der Waals surface area contributed by atoms with E-state index in [0.717, 1.165) is 48.7 Å². The minimum Gasteiger partial charge on any atom is -0.303 e. The lowest BCUT2D eigenvalue weighted by molar-refractivity contribution is -0.108. The predicted molar refractivity (Wildman–Crippen MR) is 116 cm³/mol. The first-order valence-electron chi connectivity index (χ1n) is 12.1. The number of allylic oxidation sites excluding steroid dienone is 2. The van der Waals surface area contributed by atoms with Gasteiger partial charge in [-0.3, -0.25) is 0 Å². The second kappa shape index (κ2) is 8.42. The van der Waals surface area contributed by atoms with Crippen LogP contribution in [0.3, 0.4) is 0 Å². The molecular weight excluding hydrogens is 328 g/mol. The van der Waals surface area contributed by atoms with Gasteiger partial charge in [0.2, 0.25) is 0 Å². The quantitative estimate of drug-likeness (QED) is 0.282. The maximum atomic E-state index is 10.7. The van der Waals surface area contributed by atoms with Crippen molar-refractivity contribution in [2.75, 3.05) is 0 Å². The van der Waals surface area contributed by atoms with Crippen molar-refractivity contribution in [1.29, 1.82) is 0 Å². The number of hydrogen-bond donors (Lipinski definition) is 0. The van der Waals surface area contributed by atoms with Crippen molar-refractivity contribution in [2.24, 2.45) is 40.4 Å². The van der Waals surface area contributed by atoms with E-state index in [4.69, 9.17) is 0 Å². The van der Waals surface area contributed by atoms with E-state index in [9.17, 15) is 4.79 Å². The van der Waals surface area contributed by atoms with Crippen LogP contribution in [0.4, 0.5) is 0 Å². The van der Waals surface area contributed by atoms with Gasteiger partial charge in [-0.05, 0) is 105 Å². The maximum Gasteiger partial charge on any atom is 0.119 e. The average Bonchev–Trinajstić information content (AvgIpc) is 3.01. The Labute approximate surface area is 168 Å². The summed E-state index contributed by atoms with van der Waals surface area (Å²) in [6.45, 7) is 11.7. The Bertz CT molecular complexity index is 548. The molecule has 0 aliphatic heterocycles. The summed E-state index contributed by atoms with van der Waals surface area (Å²) in [5, 5.41) is 0. The van der Waals surface area contributed by atoms with Gasteiger partial charge in [0.25, 0.3) is 0 Å². The highest BCUT2D eigenvalue weighted by atomic mass is 16.1. The first-order valence-corrected chi connectivity index (χ1v) is 12.1. The molecule has 0 radical (unpaired) electrons. The molecule has 7 atom stereocenters. The van der Waals surface area contributed by atoms with E-state index in [0.29, 0.717) is 10.8 Å². The average molecular weight is 373 g/mol. The Morgan fingerprint density at radius 1 is 1.07 bits per heavy atom. The lowest BCUT2D eigenvalue weighted by Gasteiger charge is -2.58. The van der Waals surface area contributed by atoms with Gasteiger partial charge in [-0.1, -0.05) is 46.3 Å². The first-order chi connectivity index (χ1) is 13.0. The lowest BCUT2D eigenvalue weighted by Crippen LogP contribution is -2.49. The Balaban J connectivity index is 0.00000102. The Hall–Kier alpha value is -0.590. The molecule has 0 aromatic carbocycles. The largest absolute Gasteiger partial charge is 0.303 e. The molecule has 4 rings (SSSR count). The molecule has 0 aromatic heterocycles. The zero-order chi connectivity index (χ0) is 19.7. The molecular formula is C26H44O. The summed E-state index contributed by atoms with van der Waals surface area (Å²) >= 11 is 0. The minimum atomic E-state index is 0.520. The zero-order valence-corrected chi connectivity index (χ0v) is 18.7. The molecule has 4 aliphatic rings. The number of unbranched alkanes of at least 4 members (excludes halogenated alkanes) is 1. The van der Waals surface area contributed by atoms with Crippen LogP contribution in [0.5, 0.6) is 0 Å². The summed E-state index contributed by atoms with van der Waals surface area (Å²) in [5.41, 5.74) is 2.91. The van der Waals surface area contributed by atoms with Gasteiger partial charge < -0.3 is 4.79 Å². The highest BCUT2D eigenvalue weighted by molar-refractivity contribution is 5.48. The Kier molecular flexibility index (Phi) is 6.59. The second-order valence-corrected chi connectivity index (χ2v) is 10.5. The van der Waals surface area contributed by atoms with Crippen LogP contribution in [0.1, 0.15) is 105 Å².